The van der Waals surface area contributed by atoms with E-state index in [1.807, 2.05) is 36.5 Å². The van der Waals surface area contributed by atoms with Crippen LogP contribution in [0.3, 0.4) is 0 Å². The monoisotopic (exact) mass is 738 g/mol. The number of ether oxygens (including phenoxy) is 1. The number of benzene rings is 4. The highest BCUT2D eigenvalue weighted by molar-refractivity contribution is 7.00. The number of rotatable bonds is 16. The number of aromatic nitrogens is 3. The second-order valence-electron chi connectivity index (χ2n) is 15.7. The van der Waals surface area contributed by atoms with Gasteiger partial charge in [-0.25, -0.2) is 9.97 Å². The number of hydrogen-bond acceptors (Lipinski definition) is 6. The summed E-state index contributed by atoms with van der Waals surface area (Å²) in [5, 5.41) is 16.4. The topological polar surface area (TPSA) is 81.4 Å². The zero-order valence-corrected chi connectivity index (χ0v) is 33.0. The van der Waals surface area contributed by atoms with Crippen LogP contribution in [0.15, 0.2) is 128 Å². The molecule has 0 radical (unpaired) electrons. The van der Waals surface area contributed by atoms with Crippen molar-refractivity contribution >= 4 is 29.9 Å². The lowest BCUT2D eigenvalue weighted by molar-refractivity contribution is 0.106. The third kappa shape index (κ3) is 8.62. The molecule has 8 heteroatoms. The molecule has 1 fully saturated rings. The van der Waals surface area contributed by atoms with Crippen LogP contribution >= 0.6 is 0 Å². The van der Waals surface area contributed by atoms with Crippen LogP contribution in [0.1, 0.15) is 64.3 Å². The zero-order valence-electron chi connectivity index (χ0n) is 32.0. The van der Waals surface area contributed by atoms with Gasteiger partial charge in [-0.15, -0.1) is 0 Å². The summed E-state index contributed by atoms with van der Waals surface area (Å²) < 4.78 is 15.3. The lowest BCUT2D eigenvalue weighted by Crippen LogP contribution is -2.68. The summed E-state index contributed by atoms with van der Waals surface area (Å²) in [4.78, 5) is 9.67. The molecule has 0 bridgehead atoms. The van der Waals surface area contributed by atoms with E-state index in [1.54, 1.807) is 0 Å². The molecule has 1 atom stereocenters. The molecule has 1 aliphatic rings. The van der Waals surface area contributed by atoms with Gasteiger partial charge in [-0.3, -0.25) is 4.57 Å². The Kier molecular flexibility index (Phi) is 11.9. The van der Waals surface area contributed by atoms with Crippen LogP contribution in [-0.2, 0) is 12.8 Å². The number of fused-ring (bicyclic) bond motifs is 1. The van der Waals surface area contributed by atoms with E-state index in [4.69, 9.17) is 14.1 Å². The van der Waals surface area contributed by atoms with Gasteiger partial charge in [-0.1, -0.05) is 119 Å². The summed E-state index contributed by atoms with van der Waals surface area (Å²) in [6, 6.07) is 41.9. The Bertz CT molecular complexity index is 2020. The Morgan fingerprint density at radius 3 is 2.09 bits per heavy atom. The van der Waals surface area contributed by atoms with Crippen molar-refractivity contribution in [3.63, 3.8) is 0 Å². The molecule has 4 aromatic carbocycles. The number of aryl methyl sites for hydroxylation is 1. The fourth-order valence-electron chi connectivity index (χ4n) is 8.03. The molecule has 7 nitrogen and oxygen atoms in total. The first-order valence-corrected chi connectivity index (χ1v) is 21.5. The average Bonchev–Trinajstić information content (AvgIpc) is 3.86. The molecule has 0 amide bonds. The Morgan fingerprint density at radius 1 is 0.796 bits per heavy atom. The minimum Gasteiger partial charge on any atom is -0.534 e. The van der Waals surface area contributed by atoms with Crippen LogP contribution in [0.2, 0.25) is 5.04 Å². The molecule has 0 unspecified atom stereocenters. The molecular formula is C46H54N4O3Si. The molecule has 1 saturated carbocycles. The van der Waals surface area contributed by atoms with Crippen LogP contribution in [-0.4, -0.2) is 53.8 Å². The molecule has 6 aromatic rings. The van der Waals surface area contributed by atoms with Gasteiger partial charge < -0.3 is 19.6 Å². The van der Waals surface area contributed by atoms with Gasteiger partial charge in [0.05, 0.1) is 0 Å². The van der Waals surface area contributed by atoms with Gasteiger partial charge in [0.15, 0.2) is 5.65 Å². The van der Waals surface area contributed by atoms with Crippen LogP contribution in [0, 0.1) is 5.92 Å². The van der Waals surface area contributed by atoms with Gasteiger partial charge in [0.25, 0.3) is 0 Å². The molecule has 0 aliphatic heterocycles. The van der Waals surface area contributed by atoms with Crippen molar-refractivity contribution in [3.8, 4) is 17.2 Å². The second kappa shape index (κ2) is 17.1. The summed E-state index contributed by atoms with van der Waals surface area (Å²) in [6.07, 6.45) is 9.66. The van der Waals surface area contributed by atoms with Gasteiger partial charge >= 0.3 is 8.32 Å². The Labute approximate surface area is 321 Å². The summed E-state index contributed by atoms with van der Waals surface area (Å²) in [5.74, 6) is 3.42. The molecule has 2 heterocycles. The maximum Gasteiger partial charge on any atom is 0.319 e. The third-order valence-electron chi connectivity index (χ3n) is 10.9. The van der Waals surface area contributed by atoms with E-state index in [9.17, 15) is 5.11 Å². The lowest BCUT2D eigenvalue weighted by Gasteiger charge is -2.43. The largest absolute Gasteiger partial charge is 0.534 e. The van der Waals surface area contributed by atoms with E-state index in [1.165, 1.54) is 48.0 Å². The smallest absolute Gasteiger partial charge is 0.319 e. The van der Waals surface area contributed by atoms with Crippen molar-refractivity contribution in [3.05, 3.63) is 139 Å². The third-order valence-corrected chi connectivity index (χ3v) is 15.8. The summed E-state index contributed by atoms with van der Waals surface area (Å²) in [5.41, 5.74) is 4.21. The van der Waals surface area contributed by atoms with Gasteiger partial charge in [-0.05, 0) is 94.8 Å². The van der Waals surface area contributed by atoms with E-state index in [0.29, 0.717) is 12.3 Å². The molecule has 2 aromatic heterocycles. The van der Waals surface area contributed by atoms with E-state index in [0.717, 1.165) is 53.7 Å². The van der Waals surface area contributed by atoms with Crippen LogP contribution < -0.4 is 24.9 Å². The molecule has 2 N–H and O–H groups in total. The van der Waals surface area contributed by atoms with Crippen LogP contribution in [0.25, 0.3) is 16.9 Å². The molecule has 7 rings (SSSR count). The van der Waals surface area contributed by atoms with Gasteiger partial charge in [0.2, 0.25) is 0 Å². The SMILES string of the molecule is CC(C)(C)[Si](Oc1ccc(OC[C@@H](O)CNCCc2ccc(-n3c(CCC4CCCC4)nc4cccnc43)cc2)cc1)(c1ccccc1)c1ccccc1. The van der Waals surface area contributed by atoms with Crippen molar-refractivity contribution in [1.29, 1.82) is 0 Å². The lowest BCUT2D eigenvalue weighted by atomic mass is 10.0. The Hall–Kier alpha value is -4.76. The van der Waals surface area contributed by atoms with E-state index >= 15 is 0 Å². The summed E-state index contributed by atoms with van der Waals surface area (Å²) in [7, 11) is -2.72. The van der Waals surface area contributed by atoms with Gasteiger partial charge in [0, 0.05) is 24.8 Å². The molecule has 1 aliphatic carbocycles. The fourth-order valence-corrected chi connectivity index (χ4v) is 12.4. The van der Waals surface area contributed by atoms with Crippen molar-refractivity contribution in [1.82, 2.24) is 19.9 Å². The van der Waals surface area contributed by atoms with Crippen molar-refractivity contribution in [2.45, 2.75) is 76.9 Å². The van der Waals surface area contributed by atoms with Crippen molar-refractivity contribution in [2.24, 2.45) is 5.92 Å². The number of imidazole rings is 1. The molecule has 0 spiro atoms. The van der Waals surface area contributed by atoms with Gasteiger partial charge in [0.1, 0.15) is 35.6 Å². The normalized spacial score (nSPS) is 14.4. The number of nitrogens with one attached hydrogen (secondary N) is 1. The molecule has 54 heavy (non-hydrogen) atoms. The highest BCUT2D eigenvalue weighted by atomic mass is 28.4. The first-order valence-electron chi connectivity index (χ1n) is 19.6. The second-order valence-corrected chi connectivity index (χ2v) is 19.9. The predicted octanol–water partition coefficient (Wildman–Crippen LogP) is 8.05. The predicted molar refractivity (Wildman–Crippen MR) is 222 cm³/mol. The standard InChI is InChI=1S/C46H54N4O3Si/c1-46(2,3)54(41-15-6-4-7-16-41,42-17-8-5-9-18-42)53-40-27-25-39(26-28-40)52-34-38(51)33-47-32-30-36-20-23-37(24-21-36)50-44(29-22-35-13-10-11-14-35)49-43-19-12-31-48-45(43)50/h4-9,12,15-21,23-28,31,35,38,47,51H,10-11,13-14,22,29-30,32-34H2,1-3H3/t38-/m0/s1. The van der Waals surface area contributed by atoms with Crippen LogP contribution in [0.4, 0.5) is 0 Å². The maximum absolute atomic E-state index is 10.7. The number of nitrogens with zero attached hydrogens (tertiary/aromatic N) is 3. The first kappa shape index (κ1) is 37.5. The molecule has 0 saturated heterocycles. The van der Waals surface area contributed by atoms with Crippen LogP contribution in [0.5, 0.6) is 11.5 Å². The molecular weight excluding hydrogens is 685 g/mol. The number of aliphatic hydroxyl groups is 1. The fraction of sp³-hybridized carbons (Fsp3) is 0.348. The van der Waals surface area contributed by atoms with Gasteiger partial charge in [-0.2, -0.15) is 0 Å². The van der Waals surface area contributed by atoms with Crippen molar-refractivity contribution in [2.75, 3.05) is 19.7 Å². The first-order chi connectivity index (χ1) is 26.3. The Balaban J connectivity index is 0.904. The summed E-state index contributed by atoms with van der Waals surface area (Å²) in [6.45, 7) is 8.23. The van der Waals surface area contributed by atoms with E-state index in [-0.39, 0.29) is 11.6 Å². The van der Waals surface area contributed by atoms with Crippen molar-refractivity contribution < 1.29 is 14.3 Å². The number of pyridine rings is 1. The molecule has 280 valence electrons. The summed E-state index contributed by atoms with van der Waals surface area (Å²) >= 11 is 0. The number of aliphatic hydroxyl groups excluding tert-OH is 1. The quantitative estimate of drug-likeness (QED) is 0.0773. The maximum atomic E-state index is 10.7. The highest BCUT2D eigenvalue weighted by Gasteiger charge is 2.52. The highest BCUT2D eigenvalue weighted by Crippen LogP contribution is 2.38. The minimum atomic E-state index is -2.72. The minimum absolute atomic E-state index is 0.128. The van der Waals surface area contributed by atoms with E-state index < -0.39 is 14.4 Å². The Morgan fingerprint density at radius 2 is 1.44 bits per heavy atom. The zero-order chi connectivity index (χ0) is 37.4. The number of hydrogen-bond donors (Lipinski definition) is 2. The van der Waals surface area contributed by atoms with E-state index in [2.05, 4.69) is 127 Å². The average molecular weight is 739 g/mol.